The second-order valence-corrected chi connectivity index (χ2v) is 5.65. The Morgan fingerprint density at radius 3 is 2.31 bits per heavy atom. The van der Waals surface area contributed by atoms with Crippen molar-refractivity contribution >= 4 is 0 Å². The van der Waals surface area contributed by atoms with Gasteiger partial charge in [-0.05, 0) is 50.5 Å². The van der Waals surface area contributed by atoms with Crippen LogP contribution in [0.5, 0.6) is 0 Å². The lowest BCUT2D eigenvalue weighted by Crippen LogP contribution is -2.41. The van der Waals surface area contributed by atoms with Crippen molar-refractivity contribution in [2.45, 2.75) is 52.5 Å². The Hall–Kier alpha value is -0.0800. The molecule has 0 amide bonds. The summed E-state index contributed by atoms with van der Waals surface area (Å²) in [5.41, 5.74) is 0. The second kappa shape index (κ2) is 7.29. The van der Waals surface area contributed by atoms with Crippen LogP contribution in [0, 0.1) is 17.8 Å². The van der Waals surface area contributed by atoms with Crippen LogP contribution in [0.2, 0.25) is 0 Å². The van der Waals surface area contributed by atoms with Gasteiger partial charge >= 0.3 is 0 Å². The molecule has 3 unspecified atom stereocenters. The van der Waals surface area contributed by atoms with E-state index in [0.29, 0.717) is 6.04 Å². The Balaban J connectivity index is 2.38. The van der Waals surface area contributed by atoms with E-state index in [1.165, 1.54) is 19.3 Å². The summed E-state index contributed by atoms with van der Waals surface area (Å²) in [4.78, 5) is 0. The predicted octanol–water partition coefficient (Wildman–Crippen LogP) is 3.07. The zero-order valence-corrected chi connectivity index (χ0v) is 11.5. The van der Waals surface area contributed by atoms with E-state index in [0.717, 1.165) is 37.4 Å². The molecule has 1 N–H and O–H groups in total. The molecule has 3 atom stereocenters. The lowest BCUT2D eigenvalue weighted by molar-refractivity contribution is 0.0736. The fourth-order valence-electron chi connectivity index (χ4n) is 3.15. The molecule has 2 heteroatoms. The molecule has 1 aliphatic rings. The Morgan fingerprint density at radius 2 is 1.81 bits per heavy atom. The van der Waals surface area contributed by atoms with Crippen molar-refractivity contribution in [3.63, 3.8) is 0 Å². The van der Waals surface area contributed by atoms with Gasteiger partial charge in [-0.3, -0.25) is 0 Å². The molecule has 0 bridgehead atoms. The first-order valence-corrected chi connectivity index (χ1v) is 6.92. The van der Waals surface area contributed by atoms with E-state index >= 15 is 0 Å². The minimum Gasteiger partial charge on any atom is -0.380 e. The predicted molar refractivity (Wildman–Crippen MR) is 69.6 cm³/mol. The van der Waals surface area contributed by atoms with Gasteiger partial charge in [0, 0.05) is 12.6 Å². The van der Waals surface area contributed by atoms with Crippen LogP contribution in [-0.2, 0) is 4.74 Å². The highest BCUT2D eigenvalue weighted by Crippen LogP contribution is 2.34. The molecule has 0 aromatic rings. The zero-order chi connectivity index (χ0) is 12.0. The summed E-state index contributed by atoms with van der Waals surface area (Å²) in [6.07, 6.45) is 5.26. The van der Waals surface area contributed by atoms with Crippen molar-refractivity contribution in [3.8, 4) is 0 Å². The average Bonchev–Trinajstić information content (AvgIpc) is 2.23. The Kier molecular flexibility index (Phi) is 6.37. The number of hydrogen-bond acceptors (Lipinski definition) is 2. The maximum absolute atomic E-state index is 5.70. The number of rotatable bonds is 6. The van der Waals surface area contributed by atoms with Gasteiger partial charge in [-0.1, -0.05) is 20.8 Å². The van der Waals surface area contributed by atoms with Crippen molar-refractivity contribution < 1.29 is 4.74 Å². The fourth-order valence-corrected chi connectivity index (χ4v) is 3.15. The van der Waals surface area contributed by atoms with E-state index in [1.54, 1.807) is 0 Å². The highest BCUT2D eigenvalue weighted by atomic mass is 16.5. The third-order valence-corrected chi connectivity index (χ3v) is 3.80. The minimum atomic E-state index is 0.553. The Bertz CT molecular complexity index is 174. The molecule has 0 spiro atoms. The van der Waals surface area contributed by atoms with E-state index in [4.69, 9.17) is 4.74 Å². The Labute approximate surface area is 101 Å². The maximum Gasteiger partial charge on any atom is 0.0622 e. The molecule has 2 nitrogen and oxygen atoms in total. The number of likely N-dealkylation sites (N-methyl/N-ethyl adjacent to an activating group) is 1. The summed E-state index contributed by atoms with van der Waals surface area (Å²) in [5.74, 6) is 2.58. The van der Waals surface area contributed by atoms with Crippen LogP contribution in [0.1, 0.15) is 46.5 Å². The molecule has 16 heavy (non-hydrogen) atoms. The third-order valence-electron chi connectivity index (χ3n) is 3.80. The van der Waals surface area contributed by atoms with Gasteiger partial charge in [-0.25, -0.2) is 0 Å². The first-order chi connectivity index (χ1) is 7.67. The van der Waals surface area contributed by atoms with E-state index in [-0.39, 0.29) is 0 Å². The van der Waals surface area contributed by atoms with Crippen molar-refractivity contribution in [2.24, 2.45) is 17.8 Å². The first kappa shape index (κ1) is 14.0. The topological polar surface area (TPSA) is 21.3 Å². The van der Waals surface area contributed by atoms with Crippen molar-refractivity contribution in [2.75, 3.05) is 20.3 Å². The van der Waals surface area contributed by atoms with Crippen LogP contribution >= 0.6 is 0 Å². The summed E-state index contributed by atoms with van der Waals surface area (Å²) in [5, 5.41) is 3.45. The molecular weight excluding hydrogens is 198 g/mol. The molecule has 1 fully saturated rings. The Morgan fingerprint density at radius 1 is 1.19 bits per heavy atom. The van der Waals surface area contributed by atoms with Crippen LogP contribution < -0.4 is 5.32 Å². The number of nitrogens with one attached hydrogen (secondary N) is 1. The quantitative estimate of drug-likeness (QED) is 0.704. The molecule has 1 saturated carbocycles. The van der Waals surface area contributed by atoms with Gasteiger partial charge in [0.1, 0.15) is 0 Å². The fraction of sp³-hybridized carbons (Fsp3) is 1.00. The van der Waals surface area contributed by atoms with Gasteiger partial charge in [0.25, 0.3) is 0 Å². The first-order valence-electron chi connectivity index (χ1n) is 6.92. The number of ether oxygens (including phenoxy) is 1. The summed E-state index contributed by atoms with van der Waals surface area (Å²) in [7, 11) is 2.07. The van der Waals surface area contributed by atoms with E-state index in [9.17, 15) is 0 Å². The van der Waals surface area contributed by atoms with E-state index in [1.807, 2.05) is 0 Å². The molecule has 0 aromatic heterocycles. The molecule has 0 heterocycles. The minimum absolute atomic E-state index is 0.553. The van der Waals surface area contributed by atoms with Crippen LogP contribution in [-0.4, -0.2) is 26.3 Å². The van der Waals surface area contributed by atoms with Crippen LogP contribution in [0.4, 0.5) is 0 Å². The normalized spacial score (nSPS) is 32.6. The van der Waals surface area contributed by atoms with Crippen molar-refractivity contribution in [1.29, 1.82) is 0 Å². The molecule has 96 valence electrons. The highest BCUT2D eigenvalue weighted by Gasteiger charge is 2.29. The van der Waals surface area contributed by atoms with Gasteiger partial charge < -0.3 is 10.1 Å². The van der Waals surface area contributed by atoms with Crippen LogP contribution in [0.15, 0.2) is 0 Å². The van der Waals surface area contributed by atoms with Gasteiger partial charge in [0.2, 0.25) is 0 Å². The van der Waals surface area contributed by atoms with Gasteiger partial charge in [0.05, 0.1) is 6.61 Å². The monoisotopic (exact) mass is 227 g/mol. The zero-order valence-electron chi connectivity index (χ0n) is 11.5. The van der Waals surface area contributed by atoms with Gasteiger partial charge in [-0.2, -0.15) is 0 Å². The molecule has 0 saturated heterocycles. The maximum atomic E-state index is 5.70. The van der Waals surface area contributed by atoms with Crippen molar-refractivity contribution in [1.82, 2.24) is 5.32 Å². The summed E-state index contributed by atoms with van der Waals surface area (Å²) in [6, 6.07) is 0.553. The molecule has 0 radical (unpaired) electrons. The second-order valence-electron chi connectivity index (χ2n) is 5.65. The summed E-state index contributed by atoms with van der Waals surface area (Å²) < 4.78 is 5.70. The number of hydrogen-bond donors (Lipinski definition) is 1. The van der Waals surface area contributed by atoms with E-state index < -0.39 is 0 Å². The average molecular weight is 227 g/mol. The largest absolute Gasteiger partial charge is 0.380 e. The molecular formula is C14H29NO. The molecule has 1 rings (SSSR count). The molecule has 0 aromatic carbocycles. The third kappa shape index (κ3) is 4.42. The standard InChI is InChI=1S/C14H29NO/c1-5-6-16-10-14(15-4)13-8-11(2)7-12(3)9-13/h11-15H,5-10H2,1-4H3. The van der Waals surface area contributed by atoms with Crippen LogP contribution in [0.25, 0.3) is 0 Å². The highest BCUT2D eigenvalue weighted by molar-refractivity contribution is 4.83. The summed E-state index contributed by atoms with van der Waals surface area (Å²) in [6.45, 7) is 8.73. The van der Waals surface area contributed by atoms with Crippen molar-refractivity contribution in [3.05, 3.63) is 0 Å². The SMILES string of the molecule is CCCOCC(NC)C1CC(C)CC(C)C1. The lowest BCUT2D eigenvalue weighted by Gasteiger charge is -2.36. The lowest BCUT2D eigenvalue weighted by atomic mass is 9.74. The van der Waals surface area contributed by atoms with E-state index in [2.05, 4.69) is 33.1 Å². The molecule has 1 aliphatic carbocycles. The summed E-state index contributed by atoms with van der Waals surface area (Å²) >= 11 is 0. The smallest absolute Gasteiger partial charge is 0.0622 e. The van der Waals surface area contributed by atoms with Gasteiger partial charge in [0.15, 0.2) is 0 Å². The van der Waals surface area contributed by atoms with Gasteiger partial charge in [-0.15, -0.1) is 0 Å². The molecule has 0 aliphatic heterocycles. The van der Waals surface area contributed by atoms with Crippen LogP contribution in [0.3, 0.4) is 0 Å².